The summed E-state index contributed by atoms with van der Waals surface area (Å²) in [6.07, 6.45) is 1.61. The number of aliphatic carboxylic acids is 1. The zero-order valence-corrected chi connectivity index (χ0v) is 10.1. The van der Waals surface area contributed by atoms with Gasteiger partial charge in [-0.25, -0.2) is 0 Å². The number of anilines is 1. The van der Waals surface area contributed by atoms with Crippen molar-refractivity contribution in [3.8, 4) is 0 Å². The monoisotopic (exact) mass is 266 g/mol. The van der Waals surface area contributed by atoms with E-state index in [4.69, 9.17) is 16.7 Å². The van der Waals surface area contributed by atoms with E-state index >= 15 is 0 Å². The Hall–Kier alpha value is -2.01. The Morgan fingerprint density at radius 1 is 1.33 bits per heavy atom. The number of para-hydroxylation sites is 1. The fraction of sp³-hybridized carbons (Fsp3) is 0.167. The van der Waals surface area contributed by atoms with Crippen LogP contribution in [0.2, 0.25) is 0 Å². The average molecular weight is 267 g/mol. The number of fused-ring (bicyclic) bond motifs is 1. The summed E-state index contributed by atoms with van der Waals surface area (Å²) in [6.45, 7) is -0.409. The molecular weight excluding hydrogens is 256 g/mol. The highest BCUT2D eigenvalue weighted by molar-refractivity contribution is 6.30. The van der Waals surface area contributed by atoms with Crippen LogP contribution < -0.4 is 4.90 Å². The minimum atomic E-state index is -1.08. The van der Waals surface area contributed by atoms with E-state index in [1.165, 1.54) is 0 Å². The number of aromatic nitrogens is 1. The van der Waals surface area contributed by atoms with Crippen molar-refractivity contribution in [3.05, 3.63) is 30.5 Å². The summed E-state index contributed by atoms with van der Waals surface area (Å²) < 4.78 is 0. The first-order valence-corrected chi connectivity index (χ1v) is 5.81. The topological polar surface area (TPSA) is 73.4 Å². The van der Waals surface area contributed by atoms with Crippen molar-refractivity contribution in [2.24, 2.45) is 0 Å². The molecule has 2 rings (SSSR count). The number of carboxylic acids is 1. The number of alkyl halides is 1. The molecule has 0 unspecified atom stereocenters. The first-order valence-electron chi connectivity index (χ1n) is 5.27. The highest BCUT2D eigenvalue weighted by Gasteiger charge is 2.20. The van der Waals surface area contributed by atoms with Crippen molar-refractivity contribution < 1.29 is 14.7 Å². The predicted molar refractivity (Wildman–Crippen MR) is 69.0 cm³/mol. The molecule has 0 spiro atoms. The largest absolute Gasteiger partial charge is 0.480 e. The molecule has 1 amide bonds. The fourth-order valence-electron chi connectivity index (χ4n) is 1.79. The second kappa shape index (κ2) is 5.10. The number of hydrogen-bond acceptors (Lipinski definition) is 2. The van der Waals surface area contributed by atoms with Gasteiger partial charge in [0.2, 0.25) is 5.91 Å². The molecule has 1 aromatic carbocycles. The third-order valence-electron chi connectivity index (χ3n) is 2.57. The van der Waals surface area contributed by atoms with Gasteiger partial charge < -0.3 is 10.1 Å². The lowest BCUT2D eigenvalue weighted by Gasteiger charge is -2.18. The Kier molecular flexibility index (Phi) is 3.53. The number of carbonyl (C=O) groups is 2. The molecule has 0 aliphatic rings. The Labute approximate surface area is 108 Å². The van der Waals surface area contributed by atoms with Gasteiger partial charge in [-0.1, -0.05) is 18.2 Å². The molecular formula is C12H11ClN2O3. The van der Waals surface area contributed by atoms with Gasteiger partial charge in [-0.15, -0.1) is 11.6 Å². The van der Waals surface area contributed by atoms with Crippen molar-refractivity contribution in [1.29, 1.82) is 0 Å². The van der Waals surface area contributed by atoms with Gasteiger partial charge in [0.05, 0.1) is 5.69 Å². The summed E-state index contributed by atoms with van der Waals surface area (Å²) in [7, 11) is 0. The Balaban J connectivity index is 2.47. The number of nitrogens with zero attached hydrogens (tertiary/aromatic N) is 1. The molecule has 0 aliphatic carbocycles. The zero-order valence-electron chi connectivity index (χ0n) is 9.39. The molecule has 0 bridgehead atoms. The van der Waals surface area contributed by atoms with Gasteiger partial charge in [0.15, 0.2) is 0 Å². The van der Waals surface area contributed by atoms with Crippen LogP contribution in [-0.2, 0) is 9.59 Å². The van der Waals surface area contributed by atoms with Crippen LogP contribution in [0.25, 0.3) is 10.9 Å². The van der Waals surface area contributed by atoms with Crippen LogP contribution in [0.15, 0.2) is 30.5 Å². The molecule has 2 N–H and O–H groups in total. The third-order valence-corrected chi connectivity index (χ3v) is 2.80. The Bertz CT molecular complexity index is 594. The lowest BCUT2D eigenvalue weighted by Crippen LogP contribution is -2.36. The molecule has 94 valence electrons. The van der Waals surface area contributed by atoms with Crippen LogP contribution in [0.1, 0.15) is 0 Å². The number of carbonyl (C=O) groups excluding carboxylic acids is 1. The molecule has 18 heavy (non-hydrogen) atoms. The second-order valence-corrected chi connectivity index (χ2v) is 3.99. The van der Waals surface area contributed by atoms with E-state index in [0.717, 1.165) is 15.8 Å². The molecule has 0 saturated heterocycles. The molecule has 6 heteroatoms. The maximum Gasteiger partial charge on any atom is 0.323 e. The van der Waals surface area contributed by atoms with Crippen LogP contribution in [0, 0.1) is 0 Å². The number of nitrogens with one attached hydrogen (secondary N) is 1. The van der Waals surface area contributed by atoms with Crippen LogP contribution in [0.5, 0.6) is 0 Å². The summed E-state index contributed by atoms with van der Waals surface area (Å²) in [5.74, 6) is -1.78. The summed E-state index contributed by atoms with van der Waals surface area (Å²) >= 11 is 5.50. The number of carboxylic acid groups (broad SMARTS) is 1. The minimum absolute atomic E-state index is 0.257. The van der Waals surface area contributed by atoms with Crippen molar-refractivity contribution in [2.75, 3.05) is 17.3 Å². The maximum atomic E-state index is 11.7. The van der Waals surface area contributed by atoms with Gasteiger partial charge >= 0.3 is 5.97 Å². The average Bonchev–Trinajstić information content (AvgIpc) is 2.78. The molecule has 0 radical (unpaired) electrons. The highest BCUT2D eigenvalue weighted by atomic mass is 35.5. The number of hydrogen-bond donors (Lipinski definition) is 2. The van der Waals surface area contributed by atoms with Crippen molar-refractivity contribution in [1.82, 2.24) is 4.98 Å². The number of aromatic amines is 1. The Morgan fingerprint density at radius 3 is 2.72 bits per heavy atom. The van der Waals surface area contributed by atoms with Crippen molar-refractivity contribution in [2.45, 2.75) is 0 Å². The van der Waals surface area contributed by atoms with Crippen molar-refractivity contribution in [3.63, 3.8) is 0 Å². The van der Waals surface area contributed by atoms with E-state index in [2.05, 4.69) is 4.98 Å². The number of benzene rings is 1. The summed E-state index contributed by atoms with van der Waals surface area (Å²) in [6, 6.07) is 7.35. The lowest BCUT2D eigenvalue weighted by atomic mass is 10.2. The van der Waals surface area contributed by atoms with Gasteiger partial charge in [-0.05, 0) is 6.07 Å². The maximum absolute atomic E-state index is 11.7. The van der Waals surface area contributed by atoms with Gasteiger partial charge in [0.25, 0.3) is 0 Å². The molecule has 1 heterocycles. The minimum Gasteiger partial charge on any atom is -0.480 e. The SMILES string of the molecule is O=C(O)CN(C(=O)CCl)c1c[nH]c2ccccc12. The summed E-state index contributed by atoms with van der Waals surface area (Å²) in [4.78, 5) is 26.7. The highest BCUT2D eigenvalue weighted by Crippen LogP contribution is 2.26. The number of rotatable bonds is 4. The molecule has 0 fully saturated rings. The molecule has 0 saturated carbocycles. The van der Waals surface area contributed by atoms with Crippen molar-refractivity contribution >= 4 is 40.1 Å². The van der Waals surface area contributed by atoms with E-state index in [-0.39, 0.29) is 5.88 Å². The molecule has 0 aliphatic heterocycles. The Morgan fingerprint density at radius 2 is 2.06 bits per heavy atom. The van der Waals surface area contributed by atoms with Crippen LogP contribution >= 0.6 is 11.6 Å². The normalized spacial score (nSPS) is 10.5. The predicted octanol–water partition coefficient (Wildman–Crippen LogP) is 1.82. The number of amides is 1. The summed E-state index contributed by atoms with van der Waals surface area (Å²) in [5.41, 5.74) is 1.36. The smallest absolute Gasteiger partial charge is 0.323 e. The first-order chi connectivity index (χ1) is 8.63. The third kappa shape index (κ3) is 2.31. The van der Waals surface area contributed by atoms with E-state index in [9.17, 15) is 9.59 Å². The number of halogens is 1. The molecule has 2 aromatic rings. The first kappa shape index (κ1) is 12.4. The van der Waals surface area contributed by atoms with E-state index in [1.54, 1.807) is 6.20 Å². The van der Waals surface area contributed by atoms with Crippen LogP contribution in [0.3, 0.4) is 0 Å². The molecule has 5 nitrogen and oxygen atoms in total. The molecule has 1 aromatic heterocycles. The zero-order chi connectivity index (χ0) is 13.1. The van der Waals surface area contributed by atoms with Gasteiger partial charge in [0.1, 0.15) is 12.4 Å². The second-order valence-electron chi connectivity index (χ2n) is 3.73. The standard InChI is InChI=1S/C12H11ClN2O3/c13-5-11(16)15(7-12(17)18)10-6-14-9-4-2-1-3-8(9)10/h1-4,6,14H,5,7H2,(H,17,18). The molecule has 0 atom stereocenters. The fourth-order valence-corrected chi connectivity index (χ4v) is 1.94. The number of H-pyrrole nitrogens is 1. The van der Waals surface area contributed by atoms with E-state index in [0.29, 0.717) is 5.69 Å². The summed E-state index contributed by atoms with van der Waals surface area (Å²) in [5, 5.41) is 9.64. The van der Waals surface area contributed by atoms with E-state index < -0.39 is 18.4 Å². The van der Waals surface area contributed by atoms with Gasteiger partial charge in [0, 0.05) is 17.1 Å². The van der Waals surface area contributed by atoms with Crippen LogP contribution in [-0.4, -0.2) is 34.4 Å². The van der Waals surface area contributed by atoms with E-state index in [1.807, 2.05) is 24.3 Å². The van der Waals surface area contributed by atoms with Gasteiger partial charge in [-0.3, -0.25) is 14.5 Å². The lowest BCUT2D eigenvalue weighted by molar-refractivity contribution is -0.136. The quantitative estimate of drug-likeness (QED) is 0.829. The van der Waals surface area contributed by atoms with Crippen LogP contribution in [0.4, 0.5) is 5.69 Å². The van der Waals surface area contributed by atoms with Gasteiger partial charge in [-0.2, -0.15) is 0 Å².